The first-order valence-electron chi connectivity index (χ1n) is 11.1. The number of carbonyl (C=O) groups is 1. The van der Waals surface area contributed by atoms with Gasteiger partial charge in [0.25, 0.3) is 5.91 Å². The maximum Gasteiger partial charge on any atom is 0.257 e. The minimum absolute atomic E-state index is 0.0277. The fraction of sp³-hybridized carbons (Fsp3) is 0.222. The highest BCUT2D eigenvalue weighted by molar-refractivity contribution is 7.80. The van der Waals surface area contributed by atoms with E-state index in [0.717, 1.165) is 27.9 Å². The molecule has 6 nitrogen and oxygen atoms in total. The molecule has 0 fully saturated rings. The molecule has 174 valence electrons. The van der Waals surface area contributed by atoms with Crippen LogP contribution in [0.1, 0.15) is 46.8 Å². The molecule has 3 aromatic carbocycles. The van der Waals surface area contributed by atoms with E-state index >= 15 is 0 Å². The molecule has 34 heavy (non-hydrogen) atoms. The number of benzene rings is 3. The van der Waals surface area contributed by atoms with Crippen molar-refractivity contribution in [3.8, 4) is 5.75 Å². The van der Waals surface area contributed by atoms with E-state index in [1.807, 2.05) is 57.2 Å². The molecule has 0 aliphatic rings. The second-order valence-electron chi connectivity index (χ2n) is 8.51. The van der Waals surface area contributed by atoms with Crippen molar-refractivity contribution in [3.63, 3.8) is 0 Å². The van der Waals surface area contributed by atoms with Crippen molar-refractivity contribution < 1.29 is 13.9 Å². The summed E-state index contributed by atoms with van der Waals surface area (Å²) < 4.78 is 11.6. The zero-order valence-corrected chi connectivity index (χ0v) is 20.5. The van der Waals surface area contributed by atoms with Crippen molar-refractivity contribution in [2.24, 2.45) is 0 Å². The van der Waals surface area contributed by atoms with Gasteiger partial charge < -0.3 is 14.5 Å². The Hall–Kier alpha value is -3.71. The van der Waals surface area contributed by atoms with Crippen molar-refractivity contribution in [1.29, 1.82) is 0 Å². The molecule has 0 saturated heterocycles. The summed E-state index contributed by atoms with van der Waals surface area (Å²) in [5.41, 5.74) is 6.28. The van der Waals surface area contributed by atoms with Gasteiger partial charge in [0.15, 0.2) is 16.6 Å². The van der Waals surface area contributed by atoms with E-state index in [1.54, 1.807) is 18.2 Å². The van der Waals surface area contributed by atoms with Crippen LogP contribution in [0.25, 0.3) is 11.1 Å². The summed E-state index contributed by atoms with van der Waals surface area (Å²) >= 11 is 5.31. The van der Waals surface area contributed by atoms with Gasteiger partial charge in [-0.25, -0.2) is 4.98 Å². The van der Waals surface area contributed by atoms with Crippen molar-refractivity contribution in [2.75, 3.05) is 5.32 Å². The Morgan fingerprint density at radius 2 is 1.85 bits per heavy atom. The summed E-state index contributed by atoms with van der Waals surface area (Å²) in [5.74, 6) is 1.02. The molecular formula is C27H27N3O3S. The zero-order chi connectivity index (χ0) is 24.2. The van der Waals surface area contributed by atoms with E-state index in [2.05, 4.69) is 28.6 Å². The highest BCUT2D eigenvalue weighted by Crippen LogP contribution is 2.23. The highest BCUT2D eigenvalue weighted by atomic mass is 32.1. The van der Waals surface area contributed by atoms with Crippen LogP contribution in [-0.2, 0) is 6.42 Å². The number of amides is 1. The summed E-state index contributed by atoms with van der Waals surface area (Å²) in [4.78, 5) is 17.2. The van der Waals surface area contributed by atoms with Crippen molar-refractivity contribution in [1.82, 2.24) is 10.3 Å². The van der Waals surface area contributed by atoms with Crippen LogP contribution in [0.3, 0.4) is 0 Å². The molecule has 0 aliphatic carbocycles. The zero-order valence-electron chi connectivity index (χ0n) is 19.6. The minimum atomic E-state index is -0.301. The molecule has 0 saturated carbocycles. The molecule has 7 heteroatoms. The number of anilines is 1. The highest BCUT2D eigenvalue weighted by Gasteiger charge is 2.11. The number of carbonyl (C=O) groups excluding carboxylic acids is 1. The number of aryl methyl sites for hydroxylation is 2. The van der Waals surface area contributed by atoms with Crippen LogP contribution in [0.5, 0.6) is 5.75 Å². The third-order valence-electron chi connectivity index (χ3n) is 5.13. The van der Waals surface area contributed by atoms with Crippen LogP contribution in [0, 0.1) is 13.8 Å². The first-order chi connectivity index (χ1) is 16.3. The lowest BCUT2D eigenvalue weighted by Crippen LogP contribution is -2.34. The number of rotatable bonds is 6. The van der Waals surface area contributed by atoms with E-state index in [9.17, 15) is 4.79 Å². The van der Waals surface area contributed by atoms with E-state index < -0.39 is 0 Å². The standard InChI is InChI=1S/C27H27N3O3S/c1-16(2)32-22-7-5-6-20(15-22)26(31)30-27(34)28-21-10-8-19(9-11-21)14-24-29-23-13-17(3)12-18(4)25(23)33-24/h5-13,15-16H,14H2,1-4H3,(H2,28,30,31,34). The molecular weight excluding hydrogens is 446 g/mol. The number of thiocarbonyl (C=S) groups is 1. The predicted molar refractivity (Wildman–Crippen MR) is 139 cm³/mol. The maximum atomic E-state index is 12.5. The number of aromatic nitrogens is 1. The van der Waals surface area contributed by atoms with Crippen LogP contribution in [0.2, 0.25) is 0 Å². The monoisotopic (exact) mass is 473 g/mol. The van der Waals surface area contributed by atoms with E-state index in [0.29, 0.717) is 23.6 Å². The Kier molecular flexibility index (Phi) is 6.93. The first kappa shape index (κ1) is 23.4. The predicted octanol–water partition coefficient (Wildman–Crippen LogP) is 5.95. The van der Waals surface area contributed by atoms with Gasteiger partial charge >= 0.3 is 0 Å². The molecule has 4 rings (SSSR count). The van der Waals surface area contributed by atoms with Crippen LogP contribution < -0.4 is 15.4 Å². The number of nitrogens with one attached hydrogen (secondary N) is 2. The van der Waals surface area contributed by atoms with Gasteiger partial charge in [-0.1, -0.05) is 24.3 Å². The number of hydrogen-bond donors (Lipinski definition) is 2. The molecule has 1 aromatic heterocycles. The van der Waals surface area contributed by atoms with Gasteiger partial charge in [0.2, 0.25) is 0 Å². The smallest absolute Gasteiger partial charge is 0.257 e. The number of nitrogens with zero attached hydrogens (tertiary/aromatic N) is 1. The Balaban J connectivity index is 1.36. The lowest BCUT2D eigenvalue weighted by atomic mass is 10.1. The molecule has 2 N–H and O–H groups in total. The molecule has 4 aromatic rings. The van der Waals surface area contributed by atoms with Gasteiger partial charge in [-0.2, -0.15) is 0 Å². The Morgan fingerprint density at radius 3 is 2.59 bits per heavy atom. The van der Waals surface area contributed by atoms with E-state index in [1.165, 1.54) is 5.56 Å². The van der Waals surface area contributed by atoms with E-state index in [4.69, 9.17) is 21.4 Å². The maximum absolute atomic E-state index is 12.5. The Bertz CT molecular complexity index is 1340. The number of hydrogen-bond acceptors (Lipinski definition) is 5. The minimum Gasteiger partial charge on any atom is -0.491 e. The quantitative estimate of drug-likeness (QED) is 0.337. The lowest BCUT2D eigenvalue weighted by Gasteiger charge is -2.12. The fourth-order valence-corrected chi connectivity index (χ4v) is 3.91. The van der Waals surface area contributed by atoms with Gasteiger partial charge in [-0.05, 0) is 93.0 Å². The molecule has 0 aliphatic heterocycles. The Morgan fingerprint density at radius 1 is 1.09 bits per heavy atom. The van der Waals surface area contributed by atoms with Crippen LogP contribution in [0.15, 0.2) is 65.1 Å². The normalized spacial score (nSPS) is 11.0. The van der Waals surface area contributed by atoms with Gasteiger partial charge in [-0.3, -0.25) is 10.1 Å². The summed E-state index contributed by atoms with van der Waals surface area (Å²) in [6, 6.07) is 18.9. The summed E-state index contributed by atoms with van der Waals surface area (Å²) in [7, 11) is 0. The molecule has 1 heterocycles. The van der Waals surface area contributed by atoms with Crippen molar-refractivity contribution in [2.45, 2.75) is 40.2 Å². The molecule has 0 radical (unpaired) electrons. The first-order valence-corrected chi connectivity index (χ1v) is 11.5. The topological polar surface area (TPSA) is 76.4 Å². The fourth-order valence-electron chi connectivity index (χ4n) is 3.70. The van der Waals surface area contributed by atoms with Crippen molar-refractivity contribution >= 4 is 40.0 Å². The number of ether oxygens (including phenoxy) is 1. The second-order valence-corrected chi connectivity index (χ2v) is 8.92. The Labute approximate surface area is 204 Å². The summed E-state index contributed by atoms with van der Waals surface area (Å²) in [6.07, 6.45) is 0.614. The van der Waals surface area contributed by atoms with Gasteiger partial charge in [0, 0.05) is 17.7 Å². The third kappa shape index (κ3) is 5.80. The summed E-state index contributed by atoms with van der Waals surface area (Å²) in [6.45, 7) is 7.96. The van der Waals surface area contributed by atoms with Gasteiger partial charge in [-0.15, -0.1) is 0 Å². The average Bonchev–Trinajstić information content (AvgIpc) is 3.17. The van der Waals surface area contributed by atoms with Crippen LogP contribution >= 0.6 is 12.2 Å². The van der Waals surface area contributed by atoms with Gasteiger partial charge in [0.05, 0.1) is 6.10 Å². The SMILES string of the molecule is Cc1cc(C)c2oc(Cc3ccc(NC(=S)NC(=O)c4cccc(OC(C)C)c4)cc3)nc2c1. The number of oxazole rings is 1. The summed E-state index contributed by atoms with van der Waals surface area (Å²) in [5, 5.41) is 5.97. The lowest BCUT2D eigenvalue weighted by molar-refractivity contribution is 0.0977. The van der Waals surface area contributed by atoms with Crippen LogP contribution in [0.4, 0.5) is 5.69 Å². The van der Waals surface area contributed by atoms with Crippen molar-refractivity contribution in [3.05, 3.63) is 88.8 Å². The molecule has 0 atom stereocenters. The van der Waals surface area contributed by atoms with Crippen LogP contribution in [-0.4, -0.2) is 22.1 Å². The molecule has 0 spiro atoms. The number of fused-ring (bicyclic) bond motifs is 1. The molecule has 1 amide bonds. The largest absolute Gasteiger partial charge is 0.491 e. The second kappa shape index (κ2) is 10.1. The van der Waals surface area contributed by atoms with E-state index in [-0.39, 0.29) is 17.1 Å². The third-order valence-corrected chi connectivity index (χ3v) is 5.33. The molecule has 0 bridgehead atoms. The molecule has 0 unspecified atom stereocenters. The average molecular weight is 474 g/mol. The van der Waals surface area contributed by atoms with Gasteiger partial charge in [0.1, 0.15) is 11.3 Å².